The third-order valence-electron chi connectivity index (χ3n) is 4.85. The molecule has 1 heterocycles. The standard InChI is InChI=1S/C20H21N3O3/c1-2-16-18(12-6-5-7-13(10-12)19(21)22)14-8-3-4-9-15(14)20(26)23(16)11-17(24)25/h3-10,16,18H,2,11H2,1H3,(H3,21,22)(H,24,25). The normalized spacial score (nSPS) is 19.1. The largest absolute Gasteiger partial charge is 0.480 e. The Morgan fingerprint density at radius 2 is 1.96 bits per heavy atom. The molecule has 2 aromatic rings. The van der Waals surface area contributed by atoms with Gasteiger partial charge in [0.05, 0.1) is 0 Å². The molecular weight excluding hydrogens is 330 g/mol. The fourth-order valence-corrected chi connectivity index (χ4v) is 3.75. The lowest BCUT2D eigenvalue weighted by Gasteiger charge is -2.41. The first kappa shape index (κ1) is 17.7. The van der Waals surface area contributed by atoms with Crippen LogP contribution in [0.15, 0.2) is 48.5 Å². The zero-order valence-corrected chi connectivity index (χ0v) is 14.5. The highest BCUT2D eigenvalue weighted by Gasteiger charge is 2.40. The predicted molar refractivity (Wildman–Crippen MR) is 98.5 cm³/mol. The maximum atomic E-state index is 12.9. The molecule has 2 unspecified atom stereocenters. The Labute approximate surface area is 151 Å². The van der Waals surface area contributed by atoms with Crippen molar-refractivity contribution in [2.75, 3.05) is 6.54 Å². The molecule has 4 N–H and O–H groups in total. The van der Waals surface area contributed by atoms with E-state index in [-0.39, 0.29) is 30.2 Å². The summed E-state index contributed by atoms with van der Waals surface area (Å²) in [5, 5.41) is 17.0. The number of carbonyl (C=O) groups is 2. The van der Waals surface area contributed by atoms with E-state index in [2.05, 4.69) is 0 Å². The lowest BCUT2D eigenvalue weighted by molar-refractivity contribution is -0.138. The number of fused-ring (bicyclic) bond motifs is 1. The van der Waals surface area contributed by atoms with Crippen LogP contribution in [0, 0.1) is 5.41 Å². The zero-order valence-electron chi connectivity index (χ0n) is 14.5. The van der Waals surface area contributed by atoms with Crippen molar-refractivity contribution >= 4 is 17.7 Å². The summed E-state index contributed by atoms with van der Waals surface area (Å²) in [6.45, 7) is 1.61. The van der Waals surface area contributed by atoms with Gasteiger partial charge in [0.2, 0.25) is 0 Å². The predicted octanol–water partition coefficient (Wildman–Crippen LogP) is 2.42. The van der Waals surface area contributed by atoms with Crippen molar-refractivity contribution in [3.63, 3.8) is 0 Å². The van der Waals surface area contributed by atoms with Gasteiger partial charge in [0.25, 0.3) is 5.91 Å². The number of amidine groups is 1. The summed E-state index contributed by atoms with van der Waals surface area (Å²) >= 11 is 0. The quantitative estimate of drug-likeness (QED) is 0.568. The fourth-order valence-electron chi connectivity index (χ4n) is 3.75. The molecule has 0 fully saturated rings. The van der Waals surface area contributed by atoms with E-state index < -0.39 is 5.97 Å². The summed E-state index contributed by atoms with van der Waals surface area (Å²) in [7, 11) is 0. The molecule has 134 valence electrons. The fraction of sp³-hybridized carbons (Fsp3) is 0.250. The molecule has 1 aliphatic rings. The molecule has 3 rings (SSSR count). The van der Waals surface area contributed by atoms with Crippen molar-refractivity contribution in [3.05, 3.63) is 70.8 Å². The molecule has 1 amide bonds. The summed E-state index contributed by atoms with van der Waals surface area (Å²) in [4.78, 5) is 25.7. The van der Waals surface area contributed by atoms with E-state index in [0.29, 0.717) is 17.5 Å². The van der Waals surface area contributed by atoms with Gasteiger partial charge in [-0.25, -0.2) is 0 Å². The number of aliphatic carboxylic acids is 1. The smallest absolute Gasteiger partial charge is 0.323 e. The van der Waals surface area contributed by atoms with Crippen LogP contribution in [0.3, 0.4) is 0 Å². The summed E-state index contributed by atoms with van der Waals surface area (Å²) in [6.07, 6.45) is 0.613. The molecule has 6 nitrogen and oxygen atoms in total. The van der Waals surface area contributed by atoms with E-state index in [4.69, 9.17) is 11.1 Å². The van der Waals surface area contributed by atoms with Crippen molar-refractivity contribution in [1.29, 1.82) is 5.41 Å². The van der Waals surface area contributed by atoms with Crippen LogP contribution >= 0.6 is 0 Å². The first-order valence-corrected chi connectivity index (χ1v) is 8.50. The number of benzene rings is 2. The lowest BCUT2D eigenvalue weighted by atomic mass is 9.77. The van der Waals surface area contributed by atoms with Gasteiger partial charge in [-0.2, -0.15) is 0 Å². The molecule has 2 aromatic carbocycles. The minimum Gasteiger partial charge on any atom is -0.480 e. The Morgan fingerprint density at radius 1 is 1.23 bits per heavy atom. The number of amides is 1. The van der Waals surface area contributed by atoms with Crippen molar-refractivity contribution in [1.82, 2.24) is 4.90 Å². The third-order valence-corrected chi connectivity index (χ3v) is 4.85. The van der Waals surface area contributed by atoms with Gasteiger partial charge < -0.3 is 15.7 Å². The van der Waals surface area contributed by atoms with Gasteiger partial charge in [0.15, 0.2) is 0 Å². The number of hydrogen-bond acceptors (Lipinski definition) is 3. The Balaban J connectivity index is 2.18. The molecule has 2 atom stereocenters. The van der Waals surface area contributed by atoms with E-state index in [0.717, 1.165) is 11.1 Å². The maximum Gasteiger partial charge on any atom is 0.323 e. The average molecular weight is 351 g/mol. The Hall–Kier alpha value is -3.15. The number of hydrogen-bond donors (Lipinski definition) is 3. The van der Waals surface area contributed by atoms with Crippen LogP contribution in [0.1, 0.15) is 46.3 Å². The highest BCUT2D eigenvalue weighted by atomic mass is 16.4. The molecule has 0 saturated heterocycles. The summed E-state index contributed by atoms with van der Waals surface area (Å²) in [5.74, 6) is -1.49. The van der Waals surface area contributed by atoms with Gasteiger partial charge in [-0.05, 0) is 29.7 Å². The number of nitrogens with two attached hydrogens (primary N) is 1. The molecule has 0 aromatic heterocycles. The number of nitrogens with one attached hydrogen (secondary N) is 1. The summed E-state index contributed by atoms with van der Waals surface area (Å²) < 4.78 is 0. The molecule has 0 saturated carbocycles. The van der Waals surface area contributed by atoms with Crippen LogP contribution in [0.5, 0.6) is 0 Å². The molecule has 6 heteroatoms. The summed E-state index contributed by atoms with van der Waals surface area (Å²) in [6, 6.07) is 14.4. The van der Waals surface area contributed by atoms with Gasteiger partial charge in [-0.1, -0.05) is 43.3 Å². The Morgan fingerprint density at radius 3 is 2.62 bits per heavy atom. The maximum absolute atomic E-state index is 12.9. The van der Waals surface area contributed by atoms with E-state index in [1.165, 1.54) is 4.90 Å². The van der Waals surface area contributed by atoms with Crippen LogP contribution in [0.25, 0.3) is 0 Å². The first-order valence-electron chi connectivity index (χ1n) is 8.50. The number of carbonyl (C=O) groups excluding carboxylic acids is 1. The number of carboxylic acids is 1. The van der Waals surface area contributed by atoms with Crippen LogP contribution in [0.2, 0.25) is 0 Å². The summed E-state index contributed by atoms with van der Waals surface area (Å²) in [5.41, 5.74) is 8.56. The highest BCUT2D eigenvalue weighted by molar-refractivity contribution is 5.99. The Kier molecular flexibility index (Phi) is 4.75. The molecule has 0 aliphatic carbocycles. The SMILES string of the molecule is CCC1C(c2cccc(C(=N)N)c2)c2ccccc2C(=O)N1CC(=O)O. The average Bonchev–Trinajstić information content (AvgIpc) is 2.63. The molecule has 0 radical (unpaired) electrons. The van der Waals surface area contributed by atoms with E-state index in [9.17, 15) is 14.7 Å². The minimum atomic E-state index is -1.03. The molecule has 1 aliphatic heterocycles. The van der Waals surface area contributed by atoms with Crippen LogP contribution in [0.4, 0.5) is 0 Å². The molecular formula is C20H21N3O3. The van der Waals surface area contributed by atoms with E-state index in [1.54, 1.807) is 18.2 Å². The number of rotatable bonds is 5. The van der Waals surface area contributed by atoms with Gasteiger partial charge in [0, 0.05) is 23.1 Å². The van der Waals surface area contributed by atoms with Gasteiger partial charge in [0.1, 0.15) is 12.4 Å². The van der Waals surface area contributed by atoms with Crippen LogP contribution < -0.4 is 5.73 Å². The van der Waals surface area contributed by atoms with Crippen molar-refractivity contribution in [2.24, 2.45) is 5.73 Å². The van der Waals surface area contributed by atoms with Crippen molar-refractivity contribution in [3.8, 4) is 0 Å². The molecule has 0 bridgehead atoms. The zero-order chi connectivity index (χ0) is 18.8. The van der Waals surface area contributed by atoms with Crippen LogP contribution in [-0.2, 0) is 4.79 Å². The topological polar surface area (TPSA) is 107 Å². The lowest BCUT2D eigenvalue weighted by Crippen LogP contribution is -2.50. The first-order chi connectivity index (χ1) is 12.4. The van der Waals surface area contributed by atoms with Gasteiger partial charge in [-0.15, -0.1) is 0 Å². The third kappa shape index (κ3) is 3.06. The van der Waals surface area contributed by atoms with E-state index in [1.807, 2.05) is 37.3 Å². The second kappa shape index (κ2) is 7.00. The number of nitrogens with zero attached hydrogens (tertiary/aromatic N) is 1. The monoisotopic (exact) mass is 351 g/mol. The second-order valence-corrected chi connectivity index (χ2v) is 6.41. The molecule has 0 spiro atoms. The van der Waals surface area contributed by atoms with E-state index >= 15 is 0 Å². The van der Waals surface area contributed by atoms with Crippen molar-refractivity contribution < 1.29 is 14.7 Å². The van der Waals surface area contributed by atoms with Crippen molar-refractivity contribution in [2.45, 2.75) is 25.3 Å². The second-order valence-electron chi connectivity index (χ2n) is 6.41. The highest BCUT2D eigenvalue weighted by Crippen LogP contribution is 2.39. The van der Waals surface area contributed by atoms with Crippen LogP contribution in [-0.4, -0.2) is 40.3 Å². The van der Waals surface area contributed by atoms with Gasteiger partial charge >= 0.3 is 5.97 Å². The minimum absolute atomic E-state index is 0.0255. The Bertz CT molecular complexity index is 878. The molecule has 26 heavy (non-hydrogen) atoms. The number of nitrogen functional groups attached to an aromatic ring is 1. The number of carboxylic acid groups (broad SMARTS) is 1. The van der Waals surface area contributed by atoms with Gasteiger partial charge in [-0.3, -0.25) is 15.0 Å².